The molecule has 29 heavy (non-hydrogen) atoms. The summed E-state index contributed by atoms with van der Waals surface area (Å²) in [5.74, 6) is -0.0217. The normalized spacial score (nSPS) is 11.8. The molecule has 10 heteroatoms. The summed E-state index contributed by atoms with van der Waals surface area (Å²) in [7, 11) is 0. The Balaban J connectivity index is 1.55. The number of halogens is 1. The number of benzene rings is 1. The molecule has 2 aromatic heterocycles. The van der Waals surface area contributed by atoms with Crippen molar-refractivity contribution >= 4 is 17.6 Å². The second-order valence-electron chi connectivity index (χ2n) is 6.31. The van der Waals surface area contributed by atoms with Crippen LogP contribution in [0.15, 0.2) is 51.5 Å². The van der Waals surface area contributed by atoms with Crippen molar-refractivity contribution in [1.82, 2.24) is 15.5 Å². The highest BCUT2D eigenvalue weighted by Gasteiger charge is 2.20. The monoisotopic (exact) mass is 402 g/mol. The fourth-order valence-electron chi connectivity index (χ4n) is 2.75. The summed E-state index contributed by atoms with van der Waals surface area (Å²) in [4.78, 5) is 25.0. The first-order chi connectivity index (χ1) is 14.0. The average molecular weight is 402 g/mol. The van der Waals surface area contributed by atoms with Gasteiger partial charge < -0.3 is 19.1 Å². The van der Waals surface area contributed by atoms with E-state index in [9.17, 15) is 14.0 Å². The predicted octanol–water partition coefficient (Wildman–Crippen LogP) is 1.61. The van der Waals surface area contributed by atoms with Crippen LogP contribution in [0.1, 0.15) is 19.2 Å². The Labute approximate surface area is 165 Å². The van der Waals surface area contributed by atoms with Gasteiger partial charge in [-0.05, 0) is 30.7 Å². The number of quaternary nitrogens is 1. The second-order valence-corrected chi connectivity index (χ2v) is 6.31. The standard InChI is InChI=1S/C19H20FN5O4/c1-2-9-25(12-17-23-24-18(29-17)15-8-5-10-28-15)11-16(26)22-19(27)21-14-7-4-3-6-13(14)20/h3-8,10H,2,9,11-12H2,1H3,(H2,21,22,26,27)/p+1. The Morgan fingerprint density at radius 2 is 2.00 bits per heavy atom. The van der Waals surface area contributed by atoms with E-state index in [1.165, 1.54) is 24.5 Å². The summed E-state index contributed by atoms with van der Waals surface area (Å²) in [5, 5.41) is 12.4. The van der Waals surface area contributed by atoms with Gasteiger partial charge in [-0.1, -0.05) is 19.1 Å². The topological polar surface area (TPSA) is 115 Å². The minimum absolute atomic E-state index is 0.00752. The van der Waals surface area contributed by atoms with Crippen molar-refractivity contribution in [2.45, 2.75) is 19.9 Å². The van der Waals surface area contributed by atoms with Crippen LogP contribution in [-0.2, 0) is 11.3 Å². The highest BCUT2D eigenvalue weighted by Crippen LogP contribution is 2.17. The molecule has 3 amide bonds. The van der Waals surface area contributed by atoms with Gasteiger partial charge in [0.25, 0.3) is 17.7 Å². The van der Waals surface area contributed by atoms with E-state index in [1.807, 2.05) is 6.92 Å². The number of amides is 3. The number of para-hydroxylation sites is 1. The molecule has 0 saturated heterocycles. The quantitative estimate of drug-likeness (QED) is 0.527. The largest absolute Gasteiger partial charge is 0.459 e. The highest BCUT2D eigenvalue weighted by molar-refractivity contribution is 6.01. The first-order valence-corrected chi connectivity index (χ1v) is 9.10. The van der Waals surface area contributed by atoms with Crippen molar-refractivity contribution in [3.63, 3.8) is 0 Å². The van der Waals surface area contributed by atoms with Crippen LogP contribution in [0.5, 0.6) is 0 Å². The zero-order valence-corrected chi connectivity index (χ0v) is 15.8. The Hall–Kier alpha value is -3.53. The van der Waals surface area contributed by atoms with Crippen LogP contribution >= 0.6 is 0 Å². The zero-order chi connectivity index (χ0) is 20.6. The maximum Gasteiger partial charge on any atom is 0.326 e. The van der Waals surface area contributed by atoms with Gasteiger partial charge in [-0.15, -0.1) is 10.2 Å². The Morgan fingerprint density at radius 1 is 1.17 bits per heavy atom. The first-order valence-electron chi connectivity index (χ1n) is 9.10. The summed E-state index contributed by atoms with van der Waals surface area (Å²) in [6.07, 6.45) is 2.31. The van der Waals surface area contributed by atoms with Crippen molar-refractivity contribution < 1.29 is 27.7 Å². The van der Waals surface area contributed by atoms with E-state index in [2.05, 4.69) is 20.8 Å². The van der Waals surface area contributed by atoms with Gasteiger partial charge in [-0.25, -0.2) is 9.18 Å². The molecule has 0 aliphatic rings. The van der Waals surface area contributed by atoms with Crippen molar-refractivity contribution in [3.8, 4) is 11.7 Å². The minimum atomic E-state index is -0.797. The number of carbonyl (C=O) groups excluding carboxylic acids is 2. The SMILES string of the molecule is CCC[NH+](CC(=O)NC(=O)Nc1ccccc1F)Cc1nnc(-c2ccco2)o1. The average Bonchev–Trinajstić information content (AvgIpc) is 3.35. The fourth-order valence-corrected chi connectivity index (χ4v) is 2.75. The number of urea groups is 1. The molecule has 1 atom stereocenters. The van der Waals surface area contributed by atoms with Crippen LogP contribution < -0.4 is 15.5 Å². The molecule has 0 fully saturated rings. The number of hydrogen-bond acceptors (Lipinski definition) is 6. The molecule has 0 bridgehead atoms. The number of aromatic nitrogens is 2. The Morgan fingerprint density at radius 3 is 2.72 bits per heavy atom. The number of rotatable bonds is 8. The number of carbonyl (C=O) groups is 2. The molecule has 0 aliphatic carbocycles. The summed E-state index contributed by atoms with van der Waals surface area (Å²) in [5.41, 5.74) is -0.00752. The van der Waals surface area contributed by atoms with Gasteiger partial charge in [0.05, 0.1) is 18.5 Å². The number of imide groups is 1. The van der Waals surface area contributed by atoms with E-state index in [-0.39, 0.29) is 18.1 Å². The molecule has 0 aliphatic heterocycles. The molecule has 3 N–H and O–H groups in total. The number of hydrogen-bond donors (Lipinski definition) is 3. The van der Waals surface area contributed by atoms with Crippen molar-refractivity contribution in [1.29, 1.82) is 0 Å². The van der Waals surface area contributed by atoms with Crippen molar-refractivity contribution in [3.05, 3.63) is 54.4 Å². The molecular formula is C19H21FN5O4+. The highest BCUT2D eigenvalue weighted by atomic mass is 19.1. The summed E-state index contributed by atoms with van der Waals surface area (Å²) >= 11 is 0. The summed E-state index contributed by atoms with van der Waals surface area (Å²) < 4.78 is 24.4. The smallest absolute Gasteiger partial charge is 0.326 e. The molecule has 1 unspecified atom stereocenters. The first kappa shape index (κ1) is 20.2. The minimum Gasteiger partial charge on any atom is -0.459 e. The molecule has 1 aromatic carbocycles. The summed E-state index contributed by atoms with van der Waals surface area (Å²) in [6.45, 7) is 2.95. The summed E-state index contributed by atoms with van der Waals surface area (Å²) in [6, 6.07) is 8.32. The van der Waals surface area contributed by atoms with Crippen LogP contribution in [0.2, 0.25) is 0 Å². The van der Waals surface area contributed by atoms with E-state index >= 15 is 0 Å². The van der Waals surface area contributed by atoms with Gasteiger partial charge in [0, 0.05) is 0 Å². The maximum absolute atomic E-state index is 13.6. The van der Waals surface area contributed by atoms with Gasteiger partial charge in [0.2, 0.25) is 0 Å². The third kappa shape index (κ3) is 5.72. The van der Waals surface area contributed by atoms with E-state index in [1.54, 1.807) is 18.2 Å². The fraction of sp³-hybridized carbons (Fsp3) is 0.263. The van der Waals surface area contributed by atoms with Gasteiger partial charge >= 0.3 is 6.03 Å². The van der Waals surface area contributed by atoms with Gasteiger partial charge in [0.1, 0.15) is 5.82 Å². The van der Waals surface area contributed by atoms with E-state index in [0.29, 0.717) is 24.7 Å². The zero-order valence-electron chi connectivity index (χ0n) is 15.8. The molecule has 9 nitrogen and oxygen atoms in total. The Kier molecular flexibility index (Phi) is 6.69. The molecule has 3 rings (SSSR count). The van der Waals surface area contributed by atoms with Crippen molar-refractivity contribution in [2.24, 2.45) is 0 Å². The lowest BCUT2D eigenvalue weighted by Gasteiger charge is -2.16. The molecule has 0 saturated carbocycles. The molecule has 152 valence electrons. The molecule has 3 aromatic rings. The molecular weight excluding hydrogens is 381 g/mol. The second kappa shape index (κ2) is 9.60. The van der Waals surface area contributed by atoms with Crippen LogP contribution in [-0.4, -0.2) is 35.2 Å². The number of anilines is 1. The van der Waals surface area contributed by atoms with Crippen LogP contribution in [0.4, 0.5) is 14.9 Å². The van der Waals surface area contributed by atoms with Gasteiger partial charge in [-0.2, -0.15) is 0 Å². The number of nitrogens with one attached hydrogen (secondary N) is 3. The van der Waals surface area contributed by atoms with E-state index in [4.69, 9.17) is 8.83 Å². The van der Waals surface area contributed by atoms with Gasteiger partial charge in [-0.3, -0.25) is 10.1 Å². The van der Waals surface area contributed by atoms with Crippen LogP contribution in [0, 0.1) is 5.82 Å². The third-order valence-corrected chi connectivity index (χ3v) is 3.99. The Bertz CT molecular complexity index is 957. The molecule has 0 spiro atoms. The van der Waals surface area contributed by atoms with Gasteiger partial charge in [0.15, 0.2) is 18.8 Å². The molecule has 2 heterocycles. The van der Waals surface area contributed by atoms with Crippen LogP contribution in [0.3, 0.4) is 0 Å². The van der Waals surface area contributed by atoms with E-state index in [0.717, 1.165) is 11.3 Å². The predicted molar refractivity (Wildman–Crippen MR) is 100 cm³/mol. The van der Waals surface area contributed by atoms with E-state index < -0.39 is 17.8 Å². The van der Waals surface area contributed by atoms with Crippen LogP contribution in [0.25, 0.3) is 11.7 Å². The van der Waals surface area contributed by atoms with Crippen molar-refractivity contribution in [2.75, 3.05) is 18.4 Å². The lowest BCUT2D eigenvalue weighted by molar-refractivity contribution is -0.907. The number of nitrogens with zero attached hydrogens (tertiary/aromatic N) is 2. The maximum atomic E-state index is 13.6. The molecule has 0 radical (unpaired) electrons. The third-order valence-electron chi connectivity index (χ3n) is 3.99. The number of furan rings is 1. The lowest BCUT2D eigenvalue weighted by atomic mass is 10.3. The lowest BCUT2D eigenvalue weighted by Crippen LogP contribution is -3.12.